The first-order valence-corrected chi connectivity index (χ1v) is 4.53. The first-order chi connectivity index (χ1) is 6.39. The summed E-state index contributed by atoms with van der Waals surface area (Å²) in [6.45, 7) is 0. The molecule has 0 fully saturated rings. The molecule has 5 heteroatoms. The zero-order valence-corrected chi connectivity index (χ0v) is 8.52. The number of benzene rings is 1. The van der Waals surface area contributed by atoms with Crippen molar-refractivity contribution in [1.29, 1.82) is 0 Å². The molecule has 1 aromatic carbocycles. The number of alkyl halides is 3. The van der Waals surface area contributed by atoms with Gasteiger partial charge >= 0.3 is 6.18 Å². The smallest absolute Gasteiger partial charge is 0.286 e. The molecule has 0 saturated heterocycles. The first kappa shape index (κ1) is 11.2. The molecule has 1 nitrogen and oxygen atoms in total. The van der Waals surface area contributed by atoms with Crippen LogP contribution in [0.5, 0.6) is 0 Å². The van der Waals surface area contributed by atoms with E-state index in [0.29, 0.717) is 5.56 Å². The Morgan fingerprint density at radius 2 is 1.71 bits per heavy atom. The minimum absolute atomic E-state index is 0.0954. The van der Waals surface area contributed by atoms with Crippen molar-refractivity contribution in [3.8, 4) is 0 Å². The molecule has 14 heavy (non-hydrogen) atoms. The van der Waals surface area contributed by atoms with E-state index in [1.54, 1.807) is 0 Å². The summed E-state index contributed by atoms with van der Waals surface area (Å²) in [5.74, 6) is 0. The summed E-state index contributed by atoms with van der Waals surface area (Å²) in [6.07, 6.45) is -4.23. The Labute approximate surface area is 87.1 Å². The Bertz CT molecular complexity index is 329. The topological polar surface area (TPSA) is 17.1 Å². The molecule has 0 spiro atoms. The van der Waals surface area contributed by atoms with E-state index in [1.165, 1.54) is 12.1 Å². The fourth-order valence-corrected chi connectivity index (χ4v) is 1.30. The van der Waals surface area contributed by atoms with Gasteiger partial charge in [-0.15, -0.1) is 0 Å². The highest BCUT2D eigenvalue weighted by atomic mass is 79.9. The van der Waals surface area contributed by atoms with Crippen LogP contribution in [-0.4, -0.2) is 4.69 Å². The summed E-state index contributed by atoms with van der Waals surface area (Å²) in [6, 6.07) is 4.51. The summed E-state index contributed by atoms with van der Waals surface area (Å²) >= 11 is 2.71. The van der Waals surface area contributed by atoms with Crippen LogP contribution in [0, 0.1) is 0 Å². The van der Waals surface area contributed by atoms with Crippen LogP contribution in [0.15, 0.2) is 24.3 Å². The molecule has 0 saturated carbocycles. The molecule has 0 N–H and O–H groups in total. The van der Waals surface area contributed by atoms with Crippen molar-refractivity contribution in [1.82, 2.24) is 0 Å². The molecule has 0 heterocycles. The second-order valence-corrected chi connectivity index (χ2v) is 3.61. The quantitative estimate of drug-likeness (QED) is 0.752. The van der Waals surface area contributed by atoms with Gasteiger partial charge in [-0.25, -0.2) is 0 Å². The van der Waals surface area contributed by atoms with Gasteiger partial charge in [0.1, 0.15) is 0 Å². The van der Waals surface area contributed by atoms with E-state index < -0.39 is 11.7 Å². The number of hydrogen-bond donors (Lipinski definition) is 0. The number of halogens is 4. The molecule has 0 aliphatic carbocycles. The Morgan fingerprint density at radius 1 is 1.21 bits per heavy atom. The Kier molecular flexibility index (Phi) is 3.31. The van der Waals surface area contributed by atoms with E-state index in [0.717, 1.165) is 12.1 Å². The molecule has 0 unspecified atom stereocenters. The van der Waals surface area contributed by atoms with Gasteiger partial charge in [-0.3, -0.25) is 4.79 Å². The minimum atomic E-state index is -4.32. The Hall–Kier alpha value is -0.840. The maximum absolute atomic E-state index is 12.1. The van der Waals surface area contributed by atoms with Crippen LogP contribution in [0.1, 0.15) is 11.1 Å². The van der Waals surface area contributed by atoms with Gasteiger partial charge in [0, 0.05) is 6.42 Å². The van der Waals surface area contributed by atoms with E-state index in [1.807, 2.05) is 0 Å². The standard InChI is InChI=1S/C9H6BrF3O/c10-8(14)5-6-1-3-7(4-2-6)9(11,12)13/h1-4H,5H2. The number of carbonyl (C=O) groups is 1. The average molecular weight is 267 g/mol. The van der Waals surface area contributed by atoms with Crippen LogP contribution in [0.25, 0.3) is 0 Å². The lowest BCUT2D eigenvalue weighted by molar-refractivity contribution is -0.137. The van der Waals surface area contributed by atoms with Gasteiger partial charge in [0.25, 0.3) is 0 Å². The number of hydrogen-bond acceptors (Lipinski definition) is 1. The molecule has 0 atom stereocenters. The lowest BCUT2D eigenvalue weighted by atomic mass is 10.1. The van der Waals surface area contributed by atoms with Crippen molar-refractivity contribution in [2.24, 2.45) is 0 Å². The van der Waals surface area contributed by atoms with E-state index >= 15 is 0 Å². The molecule has 1 aromatic rings. The SMILES string of the molecule is O=C(Br)Cc1ccc(C(F)(F)F)cc1. The summed E-state index contributed by atoms with van der Waals surface area (Å²) in [5, 5.41) is 0. The van der Waals surface area contributed by atoms with Crippen LogP contribution in [0.2, 0.25) is 0 Å². The predicted octanol–water partition coefficient (Wildman–Crippen LogP) is 3.17. The molecular formula is C9H6BrF3O. The van der Waals surface area contributed by atoms with Crippen molar-refractivity contribution in [2.75, 3.05) is 0 Å². The maximum Gasteiger partial charge on any atom is 0.416 e. The highest BCUT2D eigenvalue weighted by molar-refractivity contribution is 9.18. The summed E-state index contributed by atoms with van der Waals surface area (Å²) in [4.78, 5) is 10.6. The van der Waals surface area contributed by atoms with Gasteiger partial charge in [-0.05, 0) is 33.6 Å². The highest BCUT2D eigenvalue weighted by Gasteiger charge is 2.29. The van der Waals surface area contributed by atoms with Gasteiger partial charge in [-0.2, -0.15) is 13.2 Å². The molecule has 0 radical (unpaired) electrons. The Morgan fingerprint density at radius 3 is 2.07 bits per heavy atom. The van der Waals surface area contributed by atoms with Gasteiger partial charge in [0.05, 0.1) is 5.56 Å². The molecular weight excluding hydrogens is 261 g/mol. The second kappa shape index (κ2) is 4.13. The number of carbonyl (C=O) groups excluding carboxylic acids is 1. The third-order valence-electron chi connectivity index (χ3n) is 1.62. The normalized spacial score (nSPS) is 11.4. The van der Waals surface area contributed by atoms with E-state index in [9.17, 15) is 18.0 Å². The average Bonchev–Trinajstić information content (AvgIpc) is 2.02. The summed E-state index contributed by atoms with van der Waals surface area (Å²) < 4.78 is 36.1. The van der Waals surface area contributed by atoms with Crippen LogP contribution in [-0.2, 0) is 17.4 Å². The lowest BCUT2D eigenvalue weighted by Crippen LogP contribution is -2.04. The summed E-state index contributed by atoms with van der Waals surface area (Å²) in [5.41, 5.74) is -0.150. The third-order valence-corrected chi connectivity index (χ3v) is 1.90. The van der Waals surface area contributed by atoms with Gasteiger partial charge in [0.15, 0.2) is 0 Å². The molecule has 1 rings (SSSR count). The zero-order chi connectivity index (χ0) is 10.8. The lowest BCUT2D eigenvalue weighted by Gasteiger charge is -2.06. The molecule has 0 aliphatic rings. The molecule has 0 aromatic heterocycles. The third kappa shape index (κ3) is 3.14. The van der Waals surface area contributed by atoms with Crippen molar-refractivity contribution in [3.63, 3.8) is 0 Å². The van der Waals surface area contributed by atoms with Crippen LogP contribution >= 0.6 is 15.9 Å². The van der Waals surface area contributed by atoms with Crippen molar-refractivity contribution in [2.45, 2.75) is 12.6 Å². The van der Waals surface area contributed by atoms with Crippen LogP contribution in [0.3, 0.4) is 0 Å². The van der Waals surface area contributed by atoms with Gasteiger partial charge < -0.3 is 0 Å². The fraction of sp³-hybridized carbons (Fsp3) is 0.222. The van der Waals surface area contributed by atoms with Gasteiger partial charge in [-0.1, -0.05) is 12.1 Å². The molecule has 0 bridgehead atoms. The van der Waals surface area contributed by atoms with E-state index in [-0.39, 0.29) is 11.1 Å². The predicted molar refractivity (Wildman–Crippen MR) is 49.1 cm³/mol. The molecule has 0 amide bonds. The fourth-order valence-electron chi connectivity index (χ4n) is 0.972. The monoisotopic (exact) mass is 266 g/mol. The van der Waals surface area contributed by atoms with E-state index in [2.05, 4.69) is 15.9 Å². The maximum atomic E-state index is 12.1. The van der Waals surface area contributed by atoms with Crippen molar-refractivity contribution >= 4 is 20.6 Å². The van der Waals surface area contributed by atoms with E-state index in [4.69, 9.17) is 0 Å². The first-order valence-electron chi connectivity index (χ1n) is 3.74. The van der Waals surface area contributed by atoms with Crippen molar-refractivity contribution in [3.05, 3.63) is 35.4 Å². The largest absolute Gasteiger partial charge is 0.416 e. The number of rotatable bonds is 2. The Balaban J connectivity index is 2.84. The molecule has 76 valence electrons. The van der Waals surface area contributed by atoms with Crippen LogP contribution < -0.4 is 0 Å². The minimum Gasteiger partial charge on any atom is -0.286 e. The van der Waals surface area contributed by atoms with Crippen LogP contribution in [0.4, 0.5) is 13.2 Å². The molecule has 0 aliphatic heterocycles. The highest BCUT2D eigenvalue weighted by Crippen LogP contribution is 2.29. The van der Waals surface area contributed by atoms with Crippen molar-refractivity contribution < 1.29 is 18.0 Å². The summed E-state index contributed by atoms with van der Waals surface area (Å²) in [7, 11) is 0. The zero-order valence-electron chi connectivity index (χ0n) is 6.94. The van der Waals surface area contributed by atoms with Gasteiger partial charge in [0.2, 0.25) is 4.69 Å². The second-order valence-electron chi connectivity index (χ2n) is 2.73.